The molecule has 4 nitrogen and oxygen atoms in total. The molecule has 0 bridgehead atoms. The molecule has 0 spiro atoms. The molecule has 1 aliphatic heterocycles. The lowest BCUT2D eigenvalue weighted by atomic mass is 9.35. The lowest BCUT2D eigenvalue weighted by Gasteiger charge is -2.70. The fourth-order valence-corrected chi connectivity index (χ4v) is 11.1. The van der Waals surface area contributed by atoms with Gasteiger partial charge in [0.1, 0.15) is 0 Å². The van der Waals surface area contributed by atoms with Gasteiger partial charge in [-0.15, -0.1) is 0 Å². The monoisotopic (exact) mass is 475 g/mol. The fraction of sp³-hybridized carbons (Fsp3) is 1.00. The normalized spacial score (nSPS) is 57.1. The molecule has 4 N–H and O–H groups in total. The van der Waals surface area contributed by atoms with Gasteiger partial charge >= 0.3 is 0 Å². The van der Waals surface area contributed by atoms with Crippen LogP contribution in [-0.2, 0) is 4.74 Å². The van der Waals surface area contributed by atoms with E-state index in [-0.39, 0.29) is 51.4 Å². The third-order valence-corrected chi connectivity index (χ3v) is 13.4. The summed E-state index contributed by atoms with van der Waals surface area (Å²) in [6.07, 6.45) is 9.58. The van der Waals surface area contributed by atoms with Crippen LogP contribution in [0.4, 0.5) is 0 Å². The molecule has 34 heavy (non-hydrogen) atoms. The van der Waals surface area contributed by atoms with E-state index in [1.54, 1.807) is 0 Å². The molecule has 4 saturated carbocycles. The van der Waals surface area contributed by atoms with E-state index in [0.717, 1.165) is 32.1 Å². The van der Waals surface area contributed by atoms with Crippen molar-refractivity contribution in [2.45, 2.75) is 143 Å². The molecule has 0 amide bonds. The zero-order chi connectivity index (χ0) is 25.1. The predicted octanol–water partition coefficient (Wildman–Crippen LogP) is 5.68. The minimum Gasteiger partial charge on any atom is -0.393 e. The predicted molar refractivity (Wildman–Crippen MR) is 137 cm³/mol. The van der Waals surface area contributed by atoms with Gasteiger partial charge in [0.05, 0.1) is 23.4 Å². The Kier molecular flexibility index (Phi) is 5.59. The van der Waals surface area contributed by atoms with Gasteiger partial charge in [0.2, 0.25) is 0 Å². The Hall–Kier alpha value is -0.160. The third kappa shape index (κ3) is 3.16. The summed E-state index contributed by atoms with van der Waals surface area (Å²) in [5.41, 5.74) is 6.38. The van der Waals surface area contributed by atoms with Crippen molar-refractivity contribution in [2.75, 3.05) is 0 Å². The minimum absolute atomic E-state index is 0.114. The zero-order valence-corrected chi connectivity index (χ0v) is 23.3. The number of hydrogen-bond acceptors (Lipinski definition) is 4. The molecule has 0 unspecified atom stereocenters. The molecule has 0 aromatic carbocycles. The maximum absolute atomic E-state index is 11.9. The van der Waals surface area contributed by atoms with Crippen molar-refractivity contribution in [1.29, 1.82) is 0 Å². The summed E-state index contributed by atoms with van der Waals surface area (Å²) in [7, 11) is 0. The van der Waals surface area contributed by atoms with Gasteiger partial charge in [0.15, 0.2) is 0 Å². The Morgan fingerprint density at radius 2 is 1.47 bits per heavy atom. The van der Waals surface area contributed by atoms with Crippen molar-refractivity contribution in [2.24, 2.45) is 51.1 Å². The maximum atomic E-state index is 11.9. The van der Waals surface area contributed by atoms with Crippen LogP contribution in [-0.4, -0.2) is 39.7 Å². The van der Waals surface area contributed by atoms with Crippen LogP contribution in [0.3, 0.4) is 0 Å². The van der Waals surface area contributed by atoms with E-state index in [4.69, 9.17) is 10.5 Å². The number of rotatable bonds is 2. The van der Waals surface area contributed by atoms with Gasteiger partial charge in [0, 0.05) is 6.04 Å². The summed E-state index contributed by atoms with van der Waals surface area (Å²) in [4.78, 5) is 0. The summed E-state index contributed by atoms with van der Waals surface area (Å²) in [6, 6.07) is 0.283. The van der Waals surface area contributed by atoms with E-state index >= 15 is 0 Å². The molecule has 5 fully saturated rings. The Balaban J connectivity index is 1.48. The molecule has 5 rings (SSSR count). The molecule has 5 aliphatic rings. The molecule has 196 valence electrons. The first-order chi connectivity index (χ1) is 15.5. The molecule has 1 saturated heterocycles. The van der Waals surface area contributed by atoms with Gasteiger partial charge in [-0.1, -0.05) is 34.6 Å². The second-order valence-electron chi connectivity index (χ2n) is 15.5. The second kappa shape index (κ2) is 7.45. The van der Waals surface area contributed by atoms with Gasteiger partial charge < -0.3 is 20.7 Å². The molecular weight excluding hydrogens is 422 g/mol. The van der Waals surface area contributed by atoms with Gasteiger partial charge in [-0.05, 0) is 124 Å². The molecule has 4 aliphatic carbocycles. The first kappa shape index (κ1) is 25.5. The highest BCUT2D eigenvalue weighted by Gasteiger charge is 2.71. The average Bonchev–Trinajstić information content (AvgIpc) is 3.30. The third-order valence-electron chi connectivity index (χ3n) is 13.4. The van der Waals surface area contributed by atoms with Crippen LogP contribution in [0.5, 0.6) is 0 Å². The highest BCUT2D eigenvalue weighted by atomic mass is 16.5. The second-order valence-corrected chi connectivity index (χ2v) is 15.5. The molecule has 1 heterocycles. The molecular formula is C30H53NO3. The maximum Gasteiger partial charge on any atom is 0.0865 e. The van der Waals surface area contributed by atoms with Crippen molar-refractivity contribution in [3.05, 3.63) is 0 Å². The SMILES string of the molecule is CC(C)(O)[C@@H]1CC[C@@](C)([C@H]2CC[C@]3(C)[C@@H]2[C@H](O)C[C@@H]2[C@@]4(C)CC[C@H](N)C(C)(C)[C@@H]4CC[C@]23C)O1. The number of ether oxygens (including phenoxy) is 1. The smallest absolute Gasteiger partial charge is 0.0865 e. The van der Waals surface area contributed by atoms with Crippen molar-refractivity contribution in [3.8, 4) is 0 Å². The number of aliphatic hydroxyl groups is 2. The van der Waals surface area contributed by atoms with E-state index in [1.807, 2.05) is 13.8 Å². The van der Waals surface area contributed by atoms with E-state index in [2.05, 4.69) is 41.5 Å². The number of fused-ring (bicyclic) bond motifs is 5. The molecule has 0 aromatic rings. The van der Waals surface area contributed by atoms with E-state index < -0.39 is 5.60 Å². The number of aliphatic hydroxyl groups excluding tert-OH is 1. The van der Waals surface area contributed by atoms with Crippen molar-refractivity contribution in [3.63, 3.8) is 0 Å². The van der Waals surface area contributed by atoms with Gasteiger partial charge in [-0.25, -0.2) is 0 Å². The summed E-state index contributed by atoms with van der Waals surface area (Å²) in [5, 5.41) is 22.6. The van der Waals surface area contributed by atoms with Crippen molar-refractivity contribution < 1.29 is 14.9 Å². The van der Waals surface area contributed by atoms with Gasteiger partial charge in [0.25, 0.3) is 0 Å². The molecule has 11 atom stereocenters. The summed E-state index contributed by atoms with van der Waals surface area (Å²) in [5.74, 6) is 1.81. The summed E-state index contributed by atoms with van der Waals surface area (Å²) < 4.78 is 6.68. The molecule has 0 aromatic heterocycles. The Labute approximate surface area is 208 Å². The topological polar surface area (TPSA) is 75.7 Å². The summed E-state index contributed by atoms with van der Waals surface area (Å²) in [6.45, 7) is 18.5. The Bertz CT molecular complexity index is 820. The fourth-order valence-electron chi connectivity index (χ4n) is 11.1. The largest absolute Gasteiger partial charge is 0.393 e. The number of hydrogen-bond donors (Lipinski definition) is 3. The van der Waals surface area contributed by atoms with Crippen LogP contribution >= 0.6 is 0 Å². The molecule has 0 radical (unpaired) electrons. The highest BCUT2D eigenvalue weighted by Crippen LogP contribution is 2.76. The van der Waals surface area contributed by atoms with Crippen LogP contribution in [0.25, 0.3) is 0 Å². The van der Waals surface area contributed by atoms with Crippen molar-refractivity contribution in [1.82, 2.24) is 0 Å². The van der Waals surface area contributed by atoms with Gasteiger partial charge in [-0.3, -0.25) is 0 Å². The first-order valence-electron chi connectivity index (χ1n) is 14.3. The lowest BCUT2D eigenvalue weighted by Crippen LogP contribution is -2.67. The van der Waals surface area contributed by atoms with Crippen LogP contribution in [0, 0.1) is 45.3 Å². The standard InChI is InChI=1S/C30H53NO3/c1-25(2)20-10-15-28(6)21(27(20,5)13-11-22(25)31)17-19(32)24-18(9-14-29(24,28)7)30(8)16-12-23(34-30)26(3,4)33/h18-24,32-33H,9-17,31H2,1-8H3/t18-,19+,20-,21+,22-,23-,24-,27-,28+,29+,30-/m0/s1. The van der Waals surface area contributed by atoms with Crippen LogP contribution < -0.4 is 5.73 Å². The number of nitrogens with two attached hydrogens (primary N) is 1. The average molecular weight is 476 g/mol. The van der Waals surface area contributed by atoms with Crippen LogP contribution in [0.15, 0.2) is 0 Å². The van der Waals surface area contributed by atoms with Crippen LogP contribution in [0.1, 0.15) is 113 Å². The van der Waals surface area contributed by atoms with Crippen LogP contribution in [0.2, 0.25) is 0 Å². The van der Waals surface area contributed by atoms with E-state index in [0.29, 0.717) is 17.8 Å². The molecule has 4 heteroatoms. The zero-order valence-electron chi connectivity index (χ0n) is 23.3. The van der Waals surface area contributed by atoms with E-state index in [9.17, 15) is 10.2 Å². The summed E-state index contributed by atoms with van der Waals surface area (Å²) >= 11 is 0. The Morgan fingerprint density at radius 3 is 2.09 bits per heavy atom. The quantitative estimate of drug-likeness (QED) is 0.480. The Morgan fingerprint density at radius 1 is 0.824 bits per heavy atom. The van der Waals surface area contributed by atoms with Crippen molar-refractivity contribution >= 4 is 0 Å². The first-order valence-corrected chi connectivity index (χ1v) is 14.3. The highest BCUT2D eigenvalue weighted by molar-refractivity contribution is 5.20. The van der Waals surface area contributed by atoms with E-state index in [1.165, 1.54) is 25.7 Å². The minimum atomic E-state index is -0.816. The lowest BCUT2D eigenvalue weighted by molar-refractivity contribution is -0.239. The van der Waals surface area contributed by atoms with Gasteiger partial charge in [-0.2, -0.15) is 0 Å².